The van der Waals surface area contributed by atoms with Crippen molar-refractivity contribution in [1.82, 2.24) is 0 Å². The van der Waals surface area contributed by atoms with Gasteiger partial charge in [0.2, 0.25) is 0 Å². The molecule has 5 heteroatoms. The molecule has 0 radical (unpaired) electrons. The molecular formula is C18H26O4Si. The monoisotopic (exact) mass is 334 g/mol. The average molecular weight is 334 g/mol. The van der Waals surface area contributed by atoms with E-state index in [1.807, 2.05) is 24.3 Å². The highest BCUT2D eigenvalue weighted by Gasteiger charge is 2.39. The van der Waals surface area contributed by atoms with Crippen LogP contribution in [0.3, 0.4) is 0 Å². The molecule has 0 saturated carbocycles. The summed E-state index contributed by atoms with van der Waals surface area (Å²) in [4.78, 5) is 10.4. The minimum absolute atomic E-state index is 0.109. The van der Waals surface area contributed by atoms with Gasteiger partial charge in [0.25, 0.3) is 8.32 Å². The Morgan fingerprint density at radius 2 is 1.83 bits per heavy atom. The van der Waals surface area contributed by atoms with Crippen LogP contribution in [0.5, 0.6) is 11.5 Å². The molecule has 0 heterocycles. The summed E-state index contributed by atoms with van der Waals surface area (Å²) >= 11 is 0. The van der Waals surface area contributed by atoms with E-state index >= 15 is 0 Å². The van der Waals surface area contributed by atoms with Crippen molar-refractivity contribution in [3.05, 3.63) is 42.0 Å². The second kappa shape index (κ2) is 7.50. The fourth-order valence-corrected chi connectivity index (χ4v) is 2.63. The number of rotatable bonds is 6. The molecule has 0 unspecified atom stereocenters. The van der Waals surface area contributed by atoms with Crippen molar-refractivity contribution in [2.24, 2.45) is 0 Å². The molecule has 0 aliphatic carbocycles. The number of hydrogen-bond acceptors (Lipinski definition) is 3. The van der Waals surface area contributed by atoms with Gasteiger partial charge >= 0.3 is 5.97 Å². The lowest BCUT2D eigenvalue weighted by Crippen LogP contribution is -2.43. The molecule has 0 aromatic heterocycles. The summed E-state index contributed by atoms with van der Waals surface area (Å²) in [5.74, 6) is 0.460. The first-order valence-electron chi connectivity index (χ1n) is 7.51. The summed E-state index contributed by atoms with van der Waals surface area (Å²) in [6.07, 6.45) is 6.06. The minimum Gasteiger partial charge on any atom is -0.541 e. The van der Waals surface area contributed by atoms with Gasteiger partial charge in [-0.05, 0) is 35.8 Å². The zero-order valence-corrected chi connectivity index (χ0v) is 15.7. The van der Waals surface area contributed by atoms with E-state index in [2.05, 4.69) is 33.9 Å². The number of ether oxygens (including phenoxy) is 1. The summed E-state index contributed by atoms with van der Waals surface area (Å²) in [7, 11) is -0.312. The number of hydrogen-bond donors (Lipinski definition) is 1. The number of allylic oxidation sites excluding steroid dienone is 2. The third-order valence-corrected chi connectivity index (χ3v) is 8.34. The lowest BCUT2D eigenvalue weighted by molar-refractivity contribution is -0.131. The summed E-state index contributed by atoms with van der Waals surface area (Å²) < 4.78 is 11.7. The third-order valence-electron chi connectivity index (χ3n) is 4.00. The lowest BCUT2D eigenvalue weighted by Gasteiger charge is -2.36. The third kappa shape index (κ3) is 5.60. The Kier molecular flexibility index (Phi) is 6.21. The molecule has 0 amide bonds. The van der Waals surface area contributed by atoms with Crippen molar-refractivity contribution in [1.29, 1.82) is 0 Å². The minimum atomic E-state index is -1.93. The zero-order valence-electron chi connectivity index (χ0n) is 14.7. The average Bonchev–Trinajstić information content (AvgIpc) is 2.43. The molecule has 0 aliphatic rings. The number of methoxy groups -OCH3 is 1. The van der Waals surface area contributed by atoms with E-state index in [0.29, 0.717) is 5.75 Å². The Balaban J connectivity index is 2.99. The highest BCUT2D eigenvalue weighted by atomic mass is 28.4. The number of carboxylic acids is 1. The lowest BCUT2D eigenvalue weighted by atomic mass is 10.2. The molecule has 0 spiro atoms. The van der Waals surface area contributed by atoms with E-state index in [1.165, 1.54) is 6.08 Å². The van der Waals surface area contributed by atoms with Gasteiger partial charge in [-0.15, -0.1) is 0 Å². The SMILES string of the molecule is COc1cc(/C=C/C=C/C(=O)O)ccc1O[Si](C)(C)C(C)(C)C. The van der Waals surface area contributed by atoms with Gasteiger partial charge in [0.1, 0.15) is 5.75 Å². The highest BCUT2D eigenvalue weighted by Crippen LogP contribution is 2.40. The topological polar surface area (TPSA) is 55.8 Å². The quantitative estimate of drug-likeness (QED) is 0.464. The van der Waals surface area contributed by atoms with Crippen molar-refractivity contribution < 1.29 is 19.1 Å². The van der Waals surface area contributed by atoms with Gasteiger partial charge in [-0.3, -0.25) is 0 Å². The fourth-order valence-electron chi connectivity index (χ4n) is 1.60. The van der Waals surface area contributed by atoms with Crippen molar-refractivity contribution in [2.45, 2.75) is 38.9 Å². The maximum Gasteiger partial charge on any atom is 0.328 e. The molecular weight excluding hydrogens is 308 g/mol. The van der Waals surface area contributed by atoms with E-state index in [9.17, 15) is 4.79 Å². The first-order chi connectivity index (χ1) is 10.6. The Bertz CT molecular complexity index is 610. The molecule has 0 bridgehead atoms. The molecule has 23 heavy (non-hydrogen) atoms. The maximum atomic E-state index is 10.4. The smallest absolute Gasteiger partial charge is 0.328 e. The largest absolute Gasteiger partial charge is 0.541 e. The van der Waals surface area contributed by atoms with Crippen LogP contribution in [-0.2, 0) is 4.79 Å². The first-order valence-corrected chi connectivity index (χ1v) is 10.4. The summed E-state index contributed by atoms with van der Waals surface area (Å²) in [6.45, 7) is 11.0. The Labute approximate surface area is 139 Å². The van der Waals surface area contributed by atoms with Crippen LogP contribution in [-0.4, -0.2) is 26.5 Å². The van der Waals surface area contributed by atoms with E-state index in [-0.39, 0.29) is 5.04 Å². The second-order valence-electron chi connectivity index (χ2n) is 6.83. The summed E-state index contributed by atoms with van der Waals surface area (Å²) in [6, 6.07) is 5.71. The summed E-state index contributed by atoms with van der Waals surface area (Å²) in [5, 5.41) is 8.66. The predicted octanol–water partition coefficient (Wildman–Crippen LogP) is 4.73. The number of carboxylic acid groups (broad SMARTS) is 1. The summed E-state index contributed by atoms with van der Waals surface area (Å²) in [5.41, 5.74) is 0.916. The molecule has 0 atom stereocenters. The normalized spacial score (nSPS) is 12.8. The Hall–Kier alpha value is -2.01. The molecule has 1 rings (SSSR count). The fraction of sp³-hybridized carbons (Fsp3) is 0.389. The van der Waals surface area contributed by atoms with Gasteiger partial charge in [0.15, 0.2) is 5.75 Å². The zero-order chi connectivity index (χ0) is 17.7. The van der Waals surface area contributed by atoms with E-state index in [1.54, 1.807) is 13.2 Å². The van der Waals surface area contributed by atoms with Gasteiger partial charge in [0.05, 0.1) is 7.11 Å². The van der Waals surface area contributed by atoms with E-state index in [0.717, 1.165) is 17.4 Å². The number of aliphatic carboxylic acids is 1. The Morgan fingerprint density at radius 3 is 2.35 bits per heavy atom. The highest BCUT2D eigenvalue weighted by molar-refractivity contribution is 6.74. The van der Waals surface area contributed by atoms with Crippen LogP contribution in [0.1, 0.15) is 26.3 Å². The second-order valence-corrected chi connectivity index (χ2v) is 11.6. The van der Waals surface area contributed by atoms with Crippen molar-refractivity contribution >= 4 is 20.4 Å². The number of carbonyl (C=O) groups is 1. The number of benzene rings is 1. The van der Waals surface area contributed by atoms with E-state index < -0.39 is 14.3 Å². The van der Waals surface area contributed by atoms with Crippen LogP contribution < -0.4 is 9.16 Å². The van der Waals surface area contributed by atoms with Crippen LogP contribution in [0.2, 0.25) is 18.1 Å². The first kappa shape index (κ1) is 19.0. The standard InChI is InChI=1S/C18H26O4Si/c1-18(2,3)23(5,6)22-15-12-11-14(13-16(15)21-4)9-7-8-10-17(19)20/h7-13H,1-6H3,(H,19,20)/b9-7+,10-8+. The van der Waals surface area contributed by atoms with Crippen LogP contribution in [0.4, 0.5) is 0 Å². The molecule has 4 nitrogen and oxygen atoms in total. The van der Waals surface area contributed by atoms with Gasteiger partial charge in [-0.25, -0.2) is 4.79 Å². The van der Waals surface area contributed by atoms with Crippen molar-refractivity contribution in [2.75, 3.05) is 7.11 Å². The van der Waals surface area contributed by atoms with Gasteiger partial charge in [0, 0.05) is 6.08 Å². The molecule has 1 aromatic carbocycles. The molecule has 1 N–H and O–H groups in total. The predicted molar refractivity (Wildman–Crippen MR) is 96.6 cm³/mol. The van der Waals surface area contributed by atoms with Crippen LogP contribution in [0.25, 0.3) is 6.08 Å². The molecule has 0 saturated heterocycles. The maximum absolute atomic E-state index is 10.4. The van der Waals surface area contributed by atoms with Crippen LogP contribution in [0, 0.1) is 0 Å². The molecule has 0 aliphatic heterocycles. The molecule has 1 aromatic rings. The van der Waals surface area contributed by atoms with Crippen molar-refractivity contribution in [3.8, 4) is 11.5 Å². The van der Waals surface area contributed by atoms with Gasteiger partial charge in [-0.2, -0.15) is 0 Å². The van der Waals surface area contributed by atoms with Crippen LogP contribution in [0.15, 0.2) is 36.4 Å². The van der Waals surface area contributed by atoms with Gasteiger partial charge < -0.3 is 14.3 Å². The van der Waals surface area contributed by atoms with E-state index in [4.69, 9.17) is 14.3 Å². The molecule has 0 fully saturated rings. The van der Waals surface area contributed by atoms with Crippen LogP contribution >= 0.6 is 0 Å². The Morgan fingerprint density at radius 1 is 1.17 bits per heavy atom. The molecule has 126 valence electrons. The van der Waals surface area contributed by atoms with Crippen molar-refractivity contribution in [3.63, 3.8) is 0 Å². The van der Waals surface area contributed by atoms with Gasteiger partial charge in [-0.1, -0.05) is 45.1 Å².